The molecule has 1 amide bonds. The quantitative estimate of drug-likeness (QED) is 0.868. The molecule has 1 fully saturated rings. The Balaban J connectivity index is 1.80. The first-order valence-corrected chi connectivity index (χ1v) is 7.56. The maximum Gasteiger partial charge on any atom is 0.333 e. The van der Waals surface area contributed by atoms with Crippen molar-refractivity contribution in [3.05, 3.63) is 53.9 Å². The van der Waals surface area contributed by atoms with Gasteiger partial charge in [0.05, 0.1) is 0 Å². The second-order valence-electron chi connectivity index (χ2n) is 6.60. The highest BCUT2D eigenvalue weighted by Crippen LogP contribution is 2.42. The third-order valence-electron chi connectivity index (χ3n) is 4.46. The van der Waals surface area contributed by atoms with Crippen LogP contribution in [-0.2, 0) is 0 Å². The normalized spacial score (nSPS) is 20.2. The molecule has 1 aliphatic heterocycles. The van der Waals surface area contributed by atoms with E-state index in [1.165, 1.54) is 11.6 Å². The van der Waals surface area contributed by atoms with Crippen molar-refractivity contribution in [1.29, 1.82) is 0 Å². The second kappa shape index (κ2) is 5.76. The summed E-state index contributed by atoms with van der Waals surface area (Å²) in [5.74, 6) is -0.0826. The lowest BCUT2D eigenvalue weighted by atomic mass is 9.78. The van der Waals surface area contributed by atoms with Crippen LogP contribution < -0.4 is 0 Å². The summed E-state index contributed by atoms with van der Waals surface area (Å²) in [7, 11) is 0. The molecule has 3 rings (SSSR count). The van der Waals surface area contributed by atoms with E-state index in [0.717, 1.165) is 6.20 Å². The Hall–Kier alpha value is -2.24. The molecule has 1 aromatic heterocycles. The Morgan fingerprint density at radius 3 is 2.57 bits per heavy atom. The van der Waals surface area contributed by atoms with Crippen molar-refractivity contribution in [2.45, 2.75) is 26.3 Å². The highest BCUT2D eigenvalue weighted by molar-refractivity contribution is 5.92. The lowest BCUT2D eigenvalue weighted by Crippen LogP contribution is -2.30. The summed E-state index contributed by atoms with van der Waals surface area (Å²) >= 11 is 0. The molecule has 0 spiro atoms. The Morgan fingerprint density at radius 2 is 1.96 bits per heavy atom. The van der Waals surface area contributed by atoms with Gasteiger partial charge < -0.3 is 4.90 Å². The van der Waals surface area contributed by atoms with Gasteiger partial charge in [-0.25, -0.2) is 4.68 Å². The lowest BCUT2D eigenvalue weighted by molar-refractivity contribution is 0.0553. The number of carbonyl (C=O) groups is 1. The standard InChI is InChI=1S/C17H19F2N3O/c1-17(2)11-21(10-13(17)12-6-4-3-5-7-12)15(23)14-8-9-22(20-14)16(18)19/h3-9,13,16H,10-11H2,1-2H3/t13-/m1/s1. The first-order valence-electron chi connectivity index (χ1n) is 7.56. The number of likely N-dealkylation sites (tertiary alicyclic amines) is 1. The topological polar surface area (TPSA) is 38.1 Å². The number of alkyl halides is 2. The molecule has 1 atom stereocenters. The predicted molar refractivity (Wildman–Crippen MR) is 82.3 cm³/mol. The average molecular weight is 319 g/mol. The highest BCUT2D eigenvalue weighted by atomic mass is 19.3. The SMILES string of the molecule is CC1(C)CN(C(=O)c2ccn(C(F)F)n2)C[C@@H]1c1ccccc1. The third-order valence-corrected chi connectivity index (χ3v) is 4.46. The van der Waals surface area contributed by atoms with Crippen LogP contribution in [0.3, 0.4) is 0 Å². The summed E-state index contributed by atoms with van der Waals surface area (Å²) in [6.07, 6.45) is 1.13. The van der Waals surface area contributed by atoms with Gasteiger partial charge in [0.1, 0.15) is 0 Å². The van der Waals surface area contributed by atoms with Crippen LogP contribution in [0, 0.1) is 5.41 Å². The first-order chi connectivity index (χ1) is 10.9. The molecule has 4 nitrogen and oxygen atoms in total. The van der Waals surface area contributed by atoms with Crippen LogP contribution in [0.25, 0.3) is 0 Å². The molecule has 1 aromatic carbocycles. The third kappa shape index (κ3) is 2.98. The summed E-state index contributed by atoms with van der Waals surface area (Å²) in [5.41, 5.74) is 1.17. The predicted octanol–water partition coefficient (Wildman–Crippen LogP) is 3.54. The molecule has 0 aliphatic carbocycles. The molecular formula is C17H19F2N3O. The molecule has 0 radical (unpaired) electrons. The Kier molecular flexibility index (Phi) is 3.92. The van der Waals surface area contributed by atoms with Crippen molar-refractivity contribution in [2.24, 2.45) is 5.41 Å². The van der Waals surface area contributed by atoms with Gasteiger partial charge in [-0.2, -0.15) is 13.9 Å². The van der Waals surface area contributed by atoms with Crippen LogP contribution in [0.1, 0.15) is 42.4 Å². The molecule has 1 saturated heterocycles. The number of benzene rings is 1. The fraction of sp³-hybridized carbons (Fsp3) is 0.412. The molecule has 0 saturated carbocycles. The molecule has 0 unspecified atom stereocenters. The maximum absolute atomic E-state index is 12.6. The van der Waals surface area contributed by atoms with Gasteiger partial charge in [0.25, 0.3) is 5.91 Å². The van der Waals surface area contributed by atoms with Crippen LogP contribution in [0.2, 0.25) is 0 Å². The lowest BCUT2D eigenvalue weighted by Gasteiger charge is -2.25. The number of hydrogen-bond acceptors (Lipinski definition) is 2. The van der Waals surface area contributed by atoms with Crippen LogP contribution in [0.4, 0.5) is 8.78 Å². The van der Waals surface area contributed by atoms with E-state index in [-0.39, 0.29) is 22.9 Å². The van der Waals surface area contributed by atoms with Crippen molar-refractivity contribution in [1.82, 2.24) is 14.7 Å². The summed E-state index contributed by atoms with van der Waals surface area (Å²) in [5, 5.41) is 3.68. The van der Waals surface area contributed by atoms with E-state index in [1.807, 2.05) is 18.2 Å². The van der Waals surface area contributed by atoms with Crippen LogP contribution in [-0.4, -0.2) is 33.7 Å². The molecule has 0 bridgehead atoms. The zero-order chi connectivity index (χ0) is 16.6. The summed E-state index contributed by atoms with van der Waals surface area (Å²) in [6.45, 7) is 2.65. The van der Waals surface area contributed by atoms with E-state index in [1.54, 1.807) is 4.90 Å². The molecule has 2 aromatic rings. The van der Waals surface area contributed by atoms with Gasteiger partial charge in [-0.1, -0.05) is 44.2 Å². The monoisotopic (exact) mass is 319 g/mol. The molecule has 1 aliphatic rings. The minimum absolute atomic E-state index is 0.0646. The first kappa shape index (κ1) is 15.6. The summed E-state index contributed by atoms with van der Waals surface area (Å²) in [6, 6.07) is 11.4. The van der Waals surface area contributed by atoms with Gasteiger partial charge in [0.15, 0.2) is 5.69 Å². The van der Waals surface area contributed by atoms with E-state index >= 15 is 0 Å². The van der Waals surface area contributed by atoms with Crippen LogP contribution >= 0.6 is 0 Å². The van der Waals surface area contributed by atoms with Crippen molar-refractivity contribution < 1.29 is 13.6 Å². The minimum Gasteiger partial charge on any atom is -0.336 e. The zero-order valence-electron chi connectivity index (χ0n) is 13.1. The highest BCUT2D eigenvalue weighted by Gasteiger charge is 2.42. The maximum atomic E-state index is 12.6. The fourth-order valence-electron chi connectivity index (χ4n) is 3.25. The van der Waals surface area contributed by atoms with Crippen molar-refractivity contribution in [3.8, 4) is 0 Å². The van der Waals surface area contributed by atoms with E-state index in [4.69, 9.17) is 0 Å². The summed E-state index contributed by atoms with van der Waals surface area (Å²) < 4.78 is 25.7. The van der Waals surface area contributed by atoms with E-state index in [9.17, 15) is 13.6 Å². The largest absolute Gasteiger partial charge is 0.336 e. The van der Waals surface area contributed by atoms with E-state index in [0.29, 0.717) is 17.8 Å². The molecule has 6 heteroatoms. The van der Waals surface area contributed by atoms with Gasteiger partial charge in [-0.3, -0.25) is 4.79 Å². The molecule has 0 N–H and O–H groups in total. The number of carbonyl (C=O) groups excluding carboxylic acids is 1. The Morgan fingerprint density at radius 1 is 1.26 bits per heavy atom. The Labute approximate surface area is 133 Å². The number of halogens is 2. The van der Waals surface area contributed by atoms with Crippen LogP contribution in [0.15, 0.2) is 42.6 Å². The fourth-order valence-corrected chi connectivity index (χ4v) is 3.25. The van der Waals surface area contributed by atoms with Gasteiger partial charge in [-0.05, 0) is 17.0 Å². The van der Waals surface area contributed by atoms with Gasteiger partial charge in [0, 0.05) is 25.2 Å². The number of nitrogens with zero attached hydrogens (tertiary/aromatic N) is 3. The molecule has 23 heavy (non-hydrogen) atoms. The second-order valence-corrected chi connectivity index (χ2v) is 6.60. The van der Waals surface area contributed by atoms with Crippen molar-refractivity contribution >= 4 is 5.91 Å². The summed E-state index contributed by atoms with van der Waals surface area (Å²) in [4.78, 5) is 14.3. The van der Waals surface area contributed by atoms with Gasteiger partial charge in [-0.15, -0.1) is 0 Å². The van der Waals surface area contributed by atoms with Gasteiger partial charge >= 0.3 is 6.55 Å². The number of hydrogen-bond donors (Lipinski definition) is 0. The zero-order valence-corrected chi connectivity index (χ0v) is 13.1. The van der Waals surface area contributed by atoms with Crippen molar-refractivity contribution in [3.63, 3.8) is 0 Å². The Bertz CT molecular complexity index is 697. The molecule has 2 heterocycles. The number of aromatic nitrogens is 2. The minimum atomic E-state index is -2.73. The average Bonchev–Trinajstić information content (AvgIpc) is 3.12. The van der Waals surface area contributed by atoms with E-state index in [2.05, 4.69) is 31.1 Å². The smallest absolute Gasteiger partial charge is 0.333 e. The van der Waals surface area contributed by atoms with Gasteiger partial charge in [0.2, 0.25) is 0 Å². The van der Waals surface area contributed by atoms with E-state index < -0.39 is 6.55 Å². The number of rotatable bonds is 3. The molecule has 122 valence electrons. The number of amides is 1. The van der Waals surface area contributed by atoms with Crippen molar-refractivity contribution in [2.75, 3.05) is 13.1 Å². The van der Waals surface area contributed by atoms with Crippen LogP contribution in [0.5, 0.6) is 0 Å². The molecular weight excluding hydrogens is 300 g/mol.